The Bertz CT molecular complexity index is 1040. The maximum Gasteiger partial charge on any atom is 0.257 e. The van der Waals surface area contributed by atoms with Crippen LogP contribution in [0.4, 0.5) is 17.1 Å². The number of hydrogen-bond acceptors (Lipinski definition) is 5. The smallest absolute Gasteiger partial charge is 0.257 e. The van der Waals surface area contributed by atoms with E-state index in [9.17, 15) is 9.59 Å². The van der Waals surface area contributed by atoms with E-state index in [0.29, 0.717) is 33.8 Å². The summed E-state index contributed by atoms with van der Waals surface area (Å²) in [4.78, 5) is 27.9. The van der Waals surface area contributed by atoms with Gasteiger partial charge in [0.25, 0.3) is 5.91 Å². The van der Waals surface area contributed by atoms with Gasteiger partial charge in [0.05, 0.1) is 28.7 Å². The van der Waals surface area contributed by atoms with Crippen molar-refractivity contribution in [2.45, 2.75) is 6.92 Å². The monoisotopic (exact) mass is 356 g/mol. The molecule has 132 valence electrons. The van der Waals surface area contributed by atoms with Crippen LogP contribution in [0.1, 0.15) is 33.2 Å². The van der Waals surface area contributed by atoms with Crippen LogP contribution in [0, 0.1) is 11.3 Å². The van der Waals surface area contributed by atoms with E-state index in [-0.39, 0.29) is 11.7 Å². The van der Waals surface area contributed by atoms with Gasteiger partial charge in [-0.1, -0.05) is 12.1 Å². The lowest BCUT2D eigenvalue weighted by atomic mass is 10.1. The van der Waals surface area contributed by atoms with E-state index in [0.717, 1.165) is 0 Å². The normalized spacial score (nSPS) is 9.93. The number of ketones is 1. The van der Waals surface area contributed by atoms with Crippen LogP contribution in [0.25, 0.3) is 0 Å². The summed E-state index contributed by atoms with van der Waals surface area (Å²) < 4.78 is 0. The molecule has 3 rings (SSSR count). The number of aromatic nitrogens is 1. The van der Waals surface area contributed by atoms with Crippen molar-refractivity contribution in [2.24, 2.45) is 0 Å². The highest BCUT2D eigenvalue weighted by atomic mass is 16.1. The van der Waals surface area contributed by atoms with Crippen LogP contribution < -0.4 is 10.6 Å². The van der Waals surface area contributed by atoms with Gasteiger partial charge in [0.15, 0.2) is 5.78 Å². The predicted octanol–water partition coefficient (Wildman–Crippen LogP) is 4.15. The number of pyridine rings is 1. The van der Waals surface area contributed by atoms with Crippen LogP contribution in [0.3, 0.4) is 0 Å². The second-order valence-corrected chi connectivity index (χ2v) is 5.83. The molecule has 1 amide bonds. The molecule has 2 N–H and O–H groups in total. The molecule has 0 unspecified atom stereocenters. The maximum absolute atomic E-state index is 12.5. The fourth-order valence-electron chi connectivity index (χ4n) is 2.47. The van der Waals surface area contributed by atoms with Gasteiger partial charge >= 0.3 is 0 Å². The third-order valence-corrected chi connectivity index (χ3v) is 3.88. The molecule has 0 saturated carbocycles. The standard InChI is InChI=1S/C21H16N4O2/c1-14(26)15-6-8-18(9-7-15)25-21(27)17-10-19(13-23-12-17)24-20-5-3-2-4-16(20)11-22/h2-10,12-13,24H,1H3,(H,25,27). The third-order valence-electron chi connectivity index (χ3n) is 3.88. The Kier molecular flexibility index (Phi) is 5.24. The Morgan fingerprint density at radius 1 is 0.963 bits per heavy atom. The molecule has 0 atom stereocenters. The summed E-state index contributed by atoms with van der Waals surface area (Å²) >= 11 is 0. The molecule has 0 aliphatic rings. The van der Waals surface area contributed by atoms with Gasteiger partial charge in [-0.2, -0.15) is 5.26 Å². The highest BCUT2D eigenvalue weighted by Gasteiger charge is 2.09. The zero-order valence-corrected chi connectivity index (χ0v) is 14.6. The van der Waals surface area contributed by atoms with Crippen LogP contribution in [-0.4, -0.2) is 16.7 Å². The van der Waals surface area contributed by atoms with E-state index in [1.54, 1.807) is 54.7 Å². The lowest BCUT2D eigenvalue weighted by Crippen LogP contribution is -2.12. The SMILES string of the molecule is CC(=O)c1ccc(NC(=O)c2cncc(Nc3ccccc3C#N)c2)cc1. The molecule has 1 heterocycles. The van der Waals surface area contributed by atoms with Crippen molar-refractivity contribution in [1.29, 1.82) is 5.26 Å². The minimum absolute atomic E-state index is 0.0338. The van der Waals surface area contributed by atoms with Crippen molar-refractivity contribution in [3.05, 3.63) is 83.7 Å². The lowest BCUT2D eigenvalue weighted by molar-refractivity contribution is 0.101. The number of Topliss-reactive ketones (excluding diaryl/α,β-unsaturated/α-hetero) is 1. The van der Waals surface area contributed by atoms with E-state index in [1.165, 1.54) is 13.1 Å². The van der Waals surface area contributed by atoms with Gasteiger partial charge in [0.2, 0.25) is 0 Å². The number of benzene rings is 2. The summed E-state index contributed by atoms with van der Waals surface area (Å²) in [5, 5.41) is 15.0. The van der Waals surface area contributed by atoms with Gasteiger partial charge in [-0.25, -0.2) is 0 Å². The third kappa shape index (κ3) is 4.35. The Morgan fingerprint density at radius 2 is 1.70 bits per heavy atom. The van der Waals surface area contributed by atoms with Crippen LogP contribution in [0.15, 0.2) is 67.0 Å². The molecule has 0 aliphatic heterocycles. The largest absolute Gasteiger partial charge is 0.353 e. The number of rotatable bonds is 5. The molecule has 2 aromatic carbocycles. The fraction of sp³-hybridized carbons (Fsp3) is 0.0476. The van der Waals surface area contributed by atoms with Gasteiger partial charge < -0.3 is 10.6 Å². The maximum atomic E-state index is 12.5. The van der Waals surface area contributed by atoms with Gasteiger partial charge in [-0.05, 0) is 49.4 Å². The number of anilines is 3. The van der Waals surface area contributed by atoms with E-state index in [1.807, 2.05) is 6.07 Å². The molecule has 6 heteroatoms. The van der Waals surface area contributed by atoms with Gasteiger partial charge in [-0.15, -0.1) is 0 Å². The Balaban J connectivity index is 1.75. The van der Waals surface area contributed by atoms with Crippen molar-refractivity contribution >= 4 is 28.8 Å². The van der Waals surface area contributed by atoms with Crippen molar-refractivity contribution < 1.29 is 9.59 Å². The van der Waals surface area contributed by atoms with Crippen molar-refractivity contribution in [3.8, 4) is 6.07 Å². The van der Waals surface area contributed by atoms with E-state index < -0.39 is 0 Å². The Labute approximate surface area is 156 Å². The van der Waals surface area contributed by atoms with Crippen LogP contribution in [0.5, 0.6) is 0 Å². The molecule has 0 bridgehead atoms. The molecule has 0 saturated heterocycles. The van der Waals surface area contributed by atoms with Crippen molar-refractivity contribution in [1.82, 2.24) is 4.98 Å². The highest BCUT2D eigenvalue weighted by molar-refractivity contribution is 6.05. The number of amides is 1. The Morgan fingerprint density at radius 3 is 2.41 bits per heavy atom. The van der Waals surface area contributed by atoms with Crippen LogP contribution >= 0.6 is 0 Å². The van der Waals surface area contributed by atoms with E-state index >= 15 is 0 Å². The summed E-state index contributed by atoms with van der Waals surface area (Å²) in [7, 11) is 0. The lowest BCUT2D eigenvalue weighted by Gasteiger charge is -2.10. The highest BCUT2D eigenvalue weighted by Crippen LogP contribution is 2.21. The molecule has 0 spiro atoms. The number of nitrogens with one attached hydrogen (secondary N) is 2. The van der Waals surface area contributed by atoms with Crippen molar-refractivity contribution in [2.75, 3.05) is 10.6 Å². The first-order chi connectivity index (χ1) is 13.1. The van der Waals surface area contributed by atoms with Gasteiger partial charge in [0, 0.05) is 17.4 Å². The summed E-state index contributed by atoms with van der Waals surface area (Å²) in [5.41, 5.74) is 3.26. The molecule has 6 nitrogen and oxygen atoms in total. The second-order valence-electron chi connectivity index (χ2n) is 5.83. The Hall–Kier alpha value is -3.98. The molecular weight excluding hydrogens is 340 g/mol. The topological polar surface area (TPSA) is 94.9 Å². The quantitative estimate of drug-likeness (QED) is 0.670. The minimum Gasteiger partial charge on any atom is -0.353 e. The number of carbonyl (C=O) groups is 2. The van der Waals surface area contributed by atoms with E-state index in [2.05, 4.69) is 21.7 Å². The molecule has 27 heavy (non-hydrogen) atoms. The average molecular weight is 356 g/mol. The van der Waals surface area contributed by atoms with Gasteiger partial charge in [0.1, 0.15) is 6.07 Å². The van der Waals surface area contributed by atoms with E-state index in [4.69, 9.17) is 5.26 Å². The molecule has 1 aromatic heterocycles. The first kappa shape index (κ1) is 17.8. The van der Waals surface area contributed by atoms with Crippen LogP contribution in [0.2, 0.25) is 0 Å². The molecular formula is C21H16N4O2. The number of nitrogens with zero attached hydrogens (tertiary/aromatic N) is 2. The summed E-state index contributed by atoms with van der Waals surface area (Å²) in [5.74, 6) is -0.358. The number of hydrogen-bond donors (Lipinski definition) is 2. The number of nitriles is 1. The first-order valence-electron chi connectivity index (χ1n) is 8.20. The summed E-state index contributed by atoms with van der Waals surface area (Å²) in [6.07, 6.45) is 3.03. The second kappa shape index (κ2) is 7.93. The first-order valence-corrected chi connectivity index (χ1v) is 8.20. The molecule has 3 aromatic rings. The fourth-order valence-corrected chi connectivity index (χ4v) is 2.47. The summed E-state index contributed by atoms with van der Waals surface area (Å²) in [6, 6.07) is 17.5. The van der Waals surface area contributed by atoms with Gasteiger partial charge in [-0.3, -0.25) is 14.6 Å². The molecule has 0 radical (unpaired) electrons. The molecule has 0 aliphatic carbocycles. The average Bonchev–Trinajstić information content (AvgIpc) is 2.69. The minimum atomic E-state index is -0.324. The number of para-hydroxylation sites is 1. The number of carbonyl (C=O) groups excluding carboxylic acids is 2. The van der Waals surface area contributed by atoms with Crippen molar-refractivity contribution in [3.63, 3.8) is 0 Å². The summed E-state index contributed by atoms with van der Waals surface area (Å²) in [6.45, 7) is 1.49. The zero-order valence-electron chi connectivity index (χ0n) is 14.6. The predicted molar refractivity (Wildman–Crippen MR) is 103 cm³/mol. The molecule has 0 fully saturated rings. The zero-order chi connectivity index (χ0) is 19.2. The van der Waals surface area contributed by atoms with Crippen LogP contribution in [-0.2, 0) is 0 Å².